The maximum Gasteiger partial charge on any atom is 0.296 e. The van der Waals surface area contributed by atoms with E-state index in [0.29, 0.717) is 33.6 Å². The van der Waals surface area contributed by atoms with E-state index in [-0.39, 0.29) is 22.7 Å². The largest absolute Gasteiger partial charge is 0.497 e. The van der Waals surface area contributed by atoms with Gasteiger partial charge in [-0.05, 0) is 72.8 Å². The van der Waals surface area contributed by atoms with Crippen molar-refractivity contribution in [3.63, 3.8) is 0 Å². The Hall–Kier alpha value is -5.97. The Kier molecular flexibility index (Phi) is 8.56. The number of rotatable bonds is 12. The lowest BCUT2D eigenvalue weighted by Crippen LogP contribution is -2.12. The molecule has 0 unspecified atom stereocenters. The van der Waals surface area contributed by atoms with Crippen LogP contribution in [0.25, 0.3) is 0 Å². The van der Waals surface area contributed by atoms with Crippen LogP contribution in [0.4, 0.5) is 34.1 Å². The van der Waals surface area contributed by atoms with Crippen LogP contribution < -0.4 is 19.5 Å². The molecule has 16 nitrogen and oxygen atoms in total. The first kappa shape index (κ1) is 30.0. The lowest BCUT2D eigenvalue weighted by atomic mass is 10.2. The van der Waals surface area contributed by atoms with Gasteiger partial charge in [-0.1, -0.05) is 0 Å². The summed E-state index contributed by atoms with van der Waals surface area (Å²) in [6, 6.07) is 17.1. The van der Waals surface area contributed by atoms with Gasteiger partial charge in [0.15, 0.2) is 0 Å². The van der Waals surface area contributed by atoms with Gasteiger partial charge in [-0.2, -0.15) is 10.0 Å². The Morgan fingerprint density at radius 3 is 1.26 bits per heavy atom. The first-order chi connectivity index (χ1) is 20.5. The second-order valence-electron chi connectivity index (χ2n) is 8.50. The van der Waals surface area contributed by atoms with Crippen molar-refractivity contribution in [1.82, 2.24) is 0 Å². The van der Waals surface area contributed by atoms with Gasteiger partial charge >= 0.3 is 0 Å². The number of nitro benzene ring substituents is 2. The van der Waals surface area contributed by atoms with Gasteiger partial charge in [0.1, 0.15) is 22.9 Å². The molecule has 0 bridgehead atoms. The third-order valence-electron chi connectivity index (χ3n) is 6.16. The minimum absolute atomic E-state index is 0.130. The number of nitrogens with zero attached hydrogens (tertiary/aromatic N) is 6. The lowest BCUT2D eigenvalue weighted by molar-refractivity contribution is -0.384. The van der Waals surface area contributed by atoms with Crippen LogP contribution in [0.5, 0.6) is 11.5 Å². The molecule has 0 saturated carbocycles. The monoisotopic (exact) mass is 608 g/mol. The molecule has 4 rings (SSSR count). The molecule has 0 fully saturated rings. The molecule has 17 heteroatoms. The molecule has 0 saturated heterocycles. The van der Waals surface area contributed by atoms with Gasteiger partial charge in [-0.25, -0.2) is 8.42 Å². The Morgan fingerprint density at radius 2 is 0.977 bits per heavy atom. The van der Waals surface area contributed by atoms with E-state index in [0.717, 1.165) is 24.3 Å². The standard InChI is InChI=1S/C26H20N6O10S/c1-41-19-7-3-17(4-8-19)29(27-33)23-13-11-21(15-25(23)31(35)36)43(39,40)22-12-14-24(26(16-22)32(37)38)30(28-34)18-5-9-20(42-2)10-6-18/h3-16H,1-2H3. The molecule has 0 spiro atoms. The van der Waals surface area contributed by atoms with E-state index in [1.54, 1.807) is 0 Å². The number of hydrogen-bond acceptors (Lipinski definition) is 12. The zero-order valence-electron chi connectivity index (χ0n) is 22.3. The fourth-order valence-corrected chi connectivity index (χ4v) is 5.33. The van der Waals surface area contributed by atoms with Crippen LogP contribution in [0.2, 0.25) is 0 Å². The number of ether oxygens (including phenoxy) is 2. The van der Waals surface area contributed by atoms with Gasteiger partial charge in [-0.3, -0.25) is 20.2 Å². The fourth-order valence-electron chi connectivity index (χ4n) is 4.03. The highest BCUT2D eigenvalue weighted by molar-refractivity contribution is 7.91. The zero-order valence-corrected chi connectivity index (χ0v) is 23.1. The number of nitro groups is 2. The molecule has 4 aromatic rings. The number of anilines is 4. The molecule has 43 heavy (non-hydrogen) atoms. The maximum absolute atomic E-state index is 13.5. The Bertz CT molecular complexity index is 1690. The second kappa shape index (κ2) is 12.3. The molecule has 0 aliphatic heterocycles. The third-order valence-corrected chi connectivity index (χ3v) is 7.91. The number of benzene rings is 4. The van der Waals surface area contributed by atoms with Crippen LogP contribution in [-0.4, -0.2) is 32.5 Å². The van der Waals surface area contributed by atoms with E-state index in [2.05, 4.69) is 10.6 Å². The predicted octanol–water partition coefficient (Wildman–Crippen LogP) is 5.99. The average Bonchev–Trinajstić information content (AvgIpc) is 3.02. The van der Waals surface area contributed by atoms with Crippen LogP contribution in [-0.2, 0) is 9.84 Å². The van der Waals surface area contributed by atoms with Crippen molar-refractivity contribution >= 4 is 44.0 Å². The Labute approximate surface area is 242 Å². The third kappa shape index (κ3) is 5.91. The highest BCUT2D eigenvalue weighted by Crippen LogP contribution is 2.40. The second-order valence-corrected chi connectivity index (χ2v) is 10.5. The first-order valence-corrected chi connectivity index (χ1v) is 13.4. The van der Waals surface area contributed by atoms with Crippen molar-refractivity contribution < 1.29 is 27.7 Å². The molecule has 0 N–H and O–H groups in total. The van der Waals surface area contributed by atoms with Crippen molar-refractivity contribution in [3.05, 3.63) is 115 Å². The molecule has 0 amide bonds. The smallest absolute Gasteiger partial charge is 0.296 e. The molecule has 0 aromatic heterocycles. The van der Waals surface area contributed by atoms with Gasteiger partial charge in [-0.15, -0.1) is 9.81 Å². The molecular formula is C26H20N6O10S. The summed E-state index contributed by atoms with van der Waals surface area (Å²) in [5.41, 5.74) is -1.97. The Balaban J connectivity index is 1.78. The van der Waals surface area contributed by atoms with Crippen LogP contribution in [0.15, 0.2) is 105 Å². The molecule has 0 atom stereocenters. The van der Waals surface area contributed by atoms with Crippen LogP contribution in [0.3, 0.4) is 0 Å². The van der Waals surface area contributed by atoms with Gasteiger partial charge in [0.05, 0.1) is 55.8 Å². The molecule has 0 aliphatic rings. The lowest BCUT2D eigenvalue weighted by Gasteiger charge is -2.17. The van der Waals surface area contributed by atoms with Crippen LogP contribution in [0.1, 0.15) is 0 Å². The molecule has 0 aliphatic carbocycles. The normalized spacial score (nSPS) is 10.8. The number of methoxy groups -OCH3 is 2. The summed E-state index contributed by atoms with van der Waals surface area (Å²) < 4.78 is 37.1. The van der Waals surface area contributed by atoms with E-state index < -0.39 is 40.8 Å². The van der Waals surface area contributed by atoms with Gasteiger partial charge in [0.25, 0.3) is 11.4 Å². The van der Waals surface area contributed by atoms with E-state index in [4.69, 9.17) is 9.47 Å². The molecule has 0 heterocycles. The predicted molar refractivity (Wildman–Crippen MR) is 154 cm³/mol. The van der Waals surface area contributed by atoms with E-state index in [1.807, 2.05) is 0 Å². The summed E-state index contributed by atoms with van der Waals surface area (Å²) >= 11 is 0. The van der Waals surface area contributed by atoms with Crippen molar-refractivity contribution in [3.8, 4) is 11.5 Å². The topological polar surface area (TPSA) is 204 Å². The van der Waals surface area contributed by atoms with Crippen LogP contribution >= 0.6 is 0 Å². The summed E-state index contributed by atoms with van der Waals surface area (Å²) in [5, 5.41) is 31.0. The average molecular weight is 609 g/mol. The van der Waals surface area contributed by atoms with Gasteiger partial charge in [0.2, 0.25) is 9.84 Å². The summed E-state index contributed by atoms with van der Waals surface area (Å²) in [6.07, 6.45) is 0. The Morgan fingerprint density at radius 1 is 0.628 bits per heavy atom. The number of sulfone groups is 1. The SMILES string of the molecule is COc1ccc(N(N=O)c2ccc(S(=O)(=O)c3ccc(N(N=O)c4ccc(OC)cc4)c([N+](=O)[O-])c3)cc2[N+](=O)[O-])cc1. The zero-order chi connectivity index (χ0) is 31.3. The highest BCUT2D eigenvalue weighted by Gasteiger charge is 2.30. The highest BCUT2D eigenvalue weighted by atomic mass is 32.2. The number of hydrogen-bond donors (Lipinski definition) is 0. The minimum Gasteiger partial charge on any atom is -0.497 e. The fraction of sp³-hybridized carbons (Fsp3) is 0.0769. The molecule has 220 valence electrons. The van der Waals surface area contributed by atoms with E-state index >= 15 is 0 Å². The molecule has 0 radical (unpaired) electrons. The van der Waals surface area contributed by atoms with Crippen molar-refractivity contribution in [2.45, 2.75) is 9.79 Å². The number of nitroso groups, excluding NO2 is 2. The van der Waals surface area contributed by atoms with Crippen molar-refractivity contribution in [2.24, 2.45) is 10.6 Å². The maximum atomic E-state index is 13.5. The summed E-state index contributed by atoms with van der Waals surface area (Å²) in [5.74, 6) is 0.892. The summed E-state index contributed by atoms with van der Waals surface area (Å²) in [7, 11) is -1.75. The summed E-state index contributed by atoms with van der Waals surface area (Å²) in [6.45, 7) is 0. The quantitative estimate of drug-likeness (QED) is 0.103. The van der Waals surface area contributed by atoms with E-state index in [1.165, 1.54) is 62.8 Å². The van der Waals surface area contributed by atoms with Crippen molar-refractivity contribution in [1.29, 1.82) is 0 Å². The first-order valence-electron chi connectivity index (χ1n) is 11.9. The summed E-state index contributed by atoms with van der Waals surface area (Å²) in [4.78, 5) is 44.3. The van der Waals surface area contributed by atoms with Crippen LogP contribution in [0, 0.1) is 30.0 Å². The molecule has 4 aromatic carbocycles. The van der Waals surface area contributed by atoms with Gasteiger partial charge in [0, 0.05) is 12.1 Å². The minimum atomic E-state index is -4.59. The van der Waals surface area contributed by atoms with Gasteiger partial charge < -0.3 is 9.47 Å². The van der Waals surface area contributed by atoms with Crippen molar-refractivity contribution in [2.75, 3.05) is 24.2 Å². The molecular weight excluding hydrogens is 588 g/mol. The van der Waals surface area contributed by atoms with E-state index in [9.17, 15) is 38.5 Å².